The van der Waals surface area contributed by atoms with E-state index in [9.17, 15) is 29.3 Å². The first kappa shape index (κ1) is 34.2. The highest BCUT2D eigenvalue weighted by molar-refractivity contribution is 8.00. The molecule has 0 aliphatic heterocycles. The number of nitro benzene ring substituents is 1. The number of unbranched alkanes of at least 4 members (excludes halogenated alkanes) is 1. The van der Waals surface area contributed by atoms with E-state index in [1.54, 1.807) is 27.7 Å². The standard InChI is InChI=1S/C28H34N6O8S2/c1-6-9-14-33-20(15-29-24(36)18-10-12-19(13-11-18)34(39)40)31-32-28(33)43-17(5)23(35)30-25-21(26(37)41-7-2)16(4)22(44-25)27(38)42-8-3/h10-13,17H,6-9,14-15H2,1-5H3,(H,29,36)(H,30,35)/t17-/m1/s1. The molecule has 0 fully saturated rings. The Balaban J connectivity index is 1.76. The van der Waals surface area contributed by atoms with E-state index in [4.69, 9.17) is 9.47 Å². The third-order valence-electron chi connectivity index (χ3n) is 6.25. The summed E-state index contributed by atoms with van der Waals surface area (Å²) >= 11 is 2.10. The summed E-state index contributed by atoms with van der Waals surface area (Å²) in [5, 5.41) is 24.8. The Hall–Kier alpha value is -4.31. The lowest BCUT2D eigenvalue weighted by Gasteiger charge is -2.14. The Labute approximate surface area is 262 Å². The number of nitrogens with one attached hydrogen (secondary N) is 2. The monoisotopic (exact) mass is 646 g/mol. The first-order valence-electron chi connectivity index (χ1n) is 13.9. The van der Waals surface area contributed by atoms with Crippen LogP contribution in [0.5, 0.6) is 0 Å². The lowest BCUT2D eigenvalue weighted by atomic mass is 10.1. The minimum absolute atomic E-state index is 0.0433. The van der Waals surface area contributed by atoms with Crippen LogP contribution in [0, 0.1) is 17.0 Å². The highest BCUT2D eigenvalue weighted by atomic mass is 32.2. The summed E-state index contributed by atoms with van der Waals surface area (Å²) in [5.74, 6) is -1.65. The molecule has 3 rings (SSSR count). The summed E-state index contributed by atoms with van der Waals surface area (Å²) in [6.45, 7) is 9.49. The van der Waals surface area contributed by atoms with Gasteiger partial charge in [-0.05, 0) is 51.8 Å². The maximum atomic E-state index is 13.3. The van der Waals surface area contributed by atoms with E-state index in [0.717, 1.165) is 35.9 Å². The fourth-order valence-electron chi connectivity index (χ4n) is 3.94. The van der Waals surface area contributed by atoms with E-state index < -0.39 is 33.9 Å². The average Bonchev–Trinajstić information content (AvgIpc) is 3.53. The number of benzene rings is 1. The van der Waals surface area contributed by atoms with Crippen LogP contribution in [-0.4, -0.2) is 61.9 Å². The number of anilines is 1. The molecule has 0 spiro atoms. The molecule has 0 saturated carbocycles. The molecular formula is C28H34N6O8S2. The second-order valence-corrected chi connectivity index (χ2v) is 11.7. The predicted molar refractivity (Wildman–Crippen MR) is 164 cm³/mol. The summed E-state index contributed by atoms with van der Waals surface area (Å²) in [6.07, 6.45) is 1.67. The van der Waals surface area contributed by atoms with Crippen LogP contribution < -0.4 is 10.6 Å². The Morgan fingerprint density at radius 3 is 2.34 bits per heavy atom. The number of hydrogen-bond donors (Lipinski definition) is 2. The average molecular weight is 647 g/mol. The SMILES string of the molecule is CCCCn1c(CNC(=O)c2ccc([N+](=O)[O-])cc2)nnc1S[C@H](C)C(=O)Nc1sc(C(=O)OCC)c(C)c1C(=O)OCC. The maximum Gasteiger partial charge on any atom is 0.348 e. The summed E-state index contributed by atoms with van der Waals surface area (Å²) in [5.41, 5.74) is 0.600. The van der Waals surface area contributed by atoms with Crippen LogP contribution >= 0.6 is 23.1 Å². The van der Waals surface area contributed by atoms with Crippen molar-refractivity contribution in [1.29, 1.82) is 0 Å². The zero-order valence-electron chi connectivity index (χ0n) is 25.0. The molecule has 2 heterocycles. The van der Waals surface area contributed by atoms with Crippen LogP contribution in [-0.2, 0) is 27.4 Å². The summed E-state index contributed by atoms with van der Waals surface area (Å²) < 4.78 is 12.1. The van der Waals surface area contributed by atoms with E-state index in [1.165, 1.54) is 24.3 Å². The van der Waals surface area contributed by atoms with E-state index in [0.29, 0.717) is 23.1 Å². The van der Waals surface area contributed by atoms with Crippen LogP contribution in [0.25, 0.3) is 0 Å². The molecule has 0 radical (unpaired) electrons. The highest BCUT2D eigenvalue weighted by Gasteiger charge is 2.29. The number of non-ortho nitro benzene ring substituents is 1. The van der Waals surface area contributed by atoms with Gasteiger partial charge in [-0.25, -0.2) is 9.59 Å². The first-order valence-corrected chi connectivity index (χ1v) is 15.6. The fourth-order valence-corrected chi connectivity index (χ4v) is 5.93. The van der Waals surface area contributed by atoms with Crippen molar-refractivity contribution in [3.05, 3.63) is 61.8 Å². The molecular weight excluding hydrogens is 612 g/mol. The van der Waals surface area contributed by atoms with Crippen molar-refractivity contribution >= 4 is 57.5 Å². The van der Waals surface area contributed by atoms with Crippen molar-refractivity contribution < 1.29 is 33.6 Å². The fraction of sp³-hybridized carbons (Fsp3) is 0.429. The van der Waals surface area contributed by atoms with Gasteiger partial charge >= 0.3 is 11.9 Å². The number of nitro groups is 1. The third-order valence-corrected chi connectivity index (χ3v) is 8.52. The molecule has 2 N–H and O–H groups in total. The number of hydrogen-bond acceptors (Lipinski definition) is 12. The van der Waals surface area contributed by atoms with E-state index in [-0.39, 0.29) is 46.5 Å². The molecule has 0 saturated heterocycles. The van der Waals surface area contributed by atoms with Gasteiger partial charge in [-0.15, -0.1) is 21.5 Å². The normalized spacial score (nSPS) is 11.5. The topological polar surface area (TPSA) is 185 Å². The van der Waals surface area contributed by atoms with Crippen molar-refractivity contribution in [3.63, 3.8) is 0 Å². The van der Waals surface area contributed by atoms with Crippen LogP contribution in [0.15, 0.2) is 29.4 Å². The number of nitrogens with zero attached hydrogens (tertiary/aromatic N) is 4. The first-order chi connectivity index (χ1) is 21.0. The number of amides is 2. The molecule has 1 atom stereocenters. The van der Waals surface area contributed by atoms with Gasteiger partial charge in [-0.2, -0.15) is 0 Å². The molecule has 2 amide bonds. The minimum Gasteiger partial charge on any atom is -0.462 e. The lowest BCUT2D eigenvalue weighted by Crippen LogP contribution is -2.25. The third kappa shape index (κ3) is 8.41. The van der Waals surface area contributed by atoms with Crippen molar-refractivity contribution in [2.75, 3.05) is 18.5 Å². The van der Waals surface area contributed by atoms with Crippen molar-refractivity contribution in [3.8, 4) is 0 Å². The highest BCUT2D eigenvalue weighted by Crippen LogP contribution is 2.35. The Morgan fingerprint density at radius 2 is 1.73 bits per heavy atom. The molecule has 0 aliphatic carbocycles. The number of thiophene rings is 1. The van der Waals surface area contributed by atoms with Gasteiger partial charge in [0, 0.05) is 24.2 Å². The van der Waals surface area contributed by atoms with Crippen molar-refractivity contribution in [2.45, 2.75) is 71.0 Å². The molecule has 0 bridgehead atoms. The second kappa shape index (κ2) is 16.0. The Kier molecular flexibility index (Phi) is 12.4. The second-order valence-electron chi connectivity index (χ2n) is 9.34. The molecule has 236 valence electrons. The summed E-state index contributed by atoms with van der Waals surface area (Å²) in [7, 11) is 0. The smallest absolute Gasteiger partial charge is 0.348 e. The zero-order chi connectivity index (χ0) is 32.4. The van der Waals surface area contributed by atoms with Gasteiger partial charge in [0.05, 0.1) is 35.5 Å². The number of aromatic nitrogens is 3. The van der Waals surface area contributed by atoms with Crippen molar-refractivity contribution in [1.82, 2.24) is 20.1 Å². The molecule has 3 aromatic rings. The number of ether oxygens (including phenoxy) is 2. The summed E-state index contributed by atoms with van der Waals surface area (Å²) in [4.78, 5) is 61.6. The number of carbonyl (C=O) groups excluding carboxylic acids is 4. The zero-order valence-corrected chi connectivity index (χ0v) is 26.6. The molecule has 2 aromatic heterocycles. The molecule has 1 aromatic carbocycles. The van der Waals surface area contributed by atoms with E-state index >= 15 is 0 Å². The number of esters is 2. The van der Waals surface area contributed by atoms with Gasteiger partial charge in [0.15, 0.2) is 11.0 Å². The van der Waals surface area contributed by atoms with Gasteiger partial charge in [-0.3, -0.25) is 19.7 Å². The van der Waals surface area contributed by atoms with Crippen LogP contribution in [0.4, 0.5) is 10.7 Å². The molecule has 0 unspecified atom stereocenters. The number of carbonyl (C=O) groups is 4. The van der Waals surface area contributed by atoms with Crippen LogP contribution in [0.2, 0.25) is 0 Å². The largest absolute Gasteiger partial charge is 0.462 e. The van der Waals surface area contributed by atoms with E-state index in [2.05, 4.69) is 20.8 Å². The number of rotatable bonds is 15. The minimum atomic E-state index is -0.689. The molecule has 14 nitrogen and oxygen atoms in total. The van der Waals surface area contributed by atoms with Crippen molar-refractivity contribution in [2.24, 2.45) is 0 Å². The van der Waals surface area contributed by atoms with Gasteiger partial charge in [0.2, 0.25) is 5.91 Å². The molecule has 0 aliphatic rings. The maximum absolute atomic E-state index is 13.3. The number of thioether (sulfide) groups is 1. The van der Waals surface area contributed by atoms with Gasteiger partial charge in [-0.1, -0.05) is 25.1 Å². The summed E-state index contributed by atoms with van der Waals surface area (Å²) in [6, 6.07) is 5.25. The lowest BCUT2D eigenvalue weighted by molar-refractivity contribution is -0.384. The Morgan fingerprint density at radius 1 is 1.07 bits per heavy atom. The molecule has 16 heteroatoms. The van der Waals surface area contributed by atoms with Crippen LogP contribution in [0.3, 0.4) is 0 Å². The molecule has 44 heavy (non-hydrogen) atoms. The van der Waals surface area contributed by atoms with Gasteiger partial charge < -0.3 is 24.7 Å². The Bertz CT molecular complexity index is 1520. The predicted octanol–water partition coefficient (Wildman–Crippen LogP) is 4.76. The van der Waals surface area contributed by atoms with E-state index in [1.807, 2.05) is 11.5 Å². The quantitative estimate of drug-likeness (QED) is 0.100. The van der Waals surface area contributed by atoms with Crippen LogP contribution in [0.1, 0.15) is 82.3 Å². The van der Waals surface area contributed by atoms with Gasteiger partial charge in [0.1, 0.15) is 9.88 Å². The van der Waals surface area contributed by atoms with Gasteiger partial charge in [0.25, 0.3) is 11.6 Å².